The third-order valence-corrected chi connectivity index (χ3v) is 7.71. The van der Waals surface area contributed by atoms with Gasteiger partial charge >= 0.3 is 0 Å². The van der Waals surface area contributed by atoms with Crippen molar-refractivity contribution < 1.29 is 22.7 Å². The van der Waals surface area contributed by atoms with Gasteiger partial charge in [-0.15, -0.1) is 11.3 Å². The van der Waals surface area contributed by atoms with Crippen molar-refractivity contribution >= 4 is 71.9 Å². The van der Waals surface area contributed by atoms with Crippen LogP contribution < -0.4 is 20.1 Å². The predicted octanol–water partition coefficient (Wildman–Crippen LogP) is 6.13. The number of anilines is 3. The molecule has 0 saturated carbocycles. The van der Waals surface area contributed by atoms with E-state index in [1.54, 1.807) is 36.4 Å². The Balaban J connectivity index is 1.67. The van der Waals surface area contributed by atoms with Crippen LogP contribution in [0.5, 0.6) is 5.75 Å². The molecular formula is C27H27ClN4O5S2. The minimum absolute atomic E-state index is 0.187. The number of benzene rings is 2. The molecule has 3 N–H and O–H groups in total. The Hall–Kier alpha value is -3.67. The molecule has 204 valence electrons. The maximum atomic E-state index is 13.4. The maximum absolute atomic E-state index is 13.4. The minimum Gasteiger partial charge on any atom is -0.492 e. The molecule has 39 heavy (non-hydrogen) atoms. The summed E-state index contributed by atoms with van der Waals surface area (Å²) < 4.78 is 32.7. The van der Waals surface area contributed by atoms with Crippen LogP contribution >= 0.6 is 22.9 Å². The number of carbonyl (C=O) groups is 2. The summed E-state index contributed by atoms with van der Waals surface area (Å²) in [6.45, 7) is 5.94. The van der Waals surface area contributed by atoms with Gasteiger partial charge in [0.15, 0.2) is 5.75 Å². The van der Waals surface area contributed by atoms with Gasteiger partial charge in [0.05, 0.1) is 45.6 Å². The zero-order chi connectivity index (χ0) is 28.5. The Morgan fingerprint density at radius 1 is 0.974 bits per heavy atom. The lowest BCUT2D eigenvalue weighted by Gasteiger charge is -2.23. The van der Waals surface area contributed by atoms with Crippen molar-refractivity contribution in [3.8, 4) is 5.75 Å². The molecule has 9 nitrogen and oxygen atoms in total. The van der Waals surface area contributed by atoms with Gasteiger partial charge in [-0.3, -0.25) is 14.3 Å². The lowest BCUT2D eigenvalue weighted by molar-refractivity contribution is 0.102. The zero-order valence-corrected chi connectivity index (χ0v) is 24.3. The molecule has 0 atom stereocenters. The number of thiophene rings is 1. The summed E-state index contributed by atoms with van der Waals surface area (Å²) in [7, 11) is -2.21. The molecule has 0 fully saturated rings. The van der Waals surface area contributed by atoms with E-state index in [4.69, 9.17) is 16.3 Å². The topological polar surface area (TPSA) is 126 Å². The molecule has 0 bridgehead atoms. The molecule has 0 aliphatic heterocycles. The Kier molecular flexibility index (Phi) is 7.87. The highest BCUT2D eigenvalue weighted by Gasteiger charge is 2.23. The summed E-state index contributed by atoms with van der Waals surface area (Å²) >= 11 is 7.03. The van der Waals surface area contributed by atoms with Crippen molar-refractivity contribution in [2.45, 2.75) is 26.2 Å². The van der Waals surface area contributed by atoms with Crippen LogP contribution in [-0.4, -0.2) is 38.6 Å². The standard InChI is InChI=1S/C27H27ClN4O5S2/c1-27(2,3)17-12-19(23(37-4)20(13-17)32-39(5,35)36)31-26(34)21-11-15-7-6-8-18(24(15)38-21)30-25(33)16-9-10-22(28)29-14-16/h6-14,32H,1-5H3,(H,30,33)(H,31,34). The first-order valence-corrected chi connectivity index (χ1v) is 14.8. The summed E-state index contributed by atoms with van der Waals surface area (Å²) in [6.07, 6.45) is 2.43. The van der Waals surface area contributed by atoms with Crippen LogP contribution in [0.4, 0.5) is 17.1 Å². The van der Waals surface area contributed by atoms with Crippen molar-refractivity contribution in [2.75, 3.05) is 28.7 Å². The number of carbonyl (C=O) groups excluding carboxylic acids is 2. The minimum atomic E-state index is -3.61. The van der Waals surface area contributed by atoms with Gasteiger partial charge in [-0.2, -0.15) is 0 Å². The van der Waals surface area contributed by atoms with Crippen molar-refractivity contribution in [3.63, 3.8) is 0 Å². The third kappa shape index (κ3) is 6.67. The SMILES string of the molecule is COc1c(NC(=O)c2cc3cccc(NC(=O)c4ccc(Cl)nc4)c3s2)cc(C(C)(C)C)cc1NS(C)(=O)=O. The van der Waals surface area contributed by atoms with E-state index < -0.39 is 15.9 Å². The van der Waals surface area contributed by atoms with Crippen LogP contribution in [0.2, 0.25) is 5.15 Å². The van der Waals surface area contributed by atoms with Crippen molar-refractivity contribution in [1.82, 2.24) is 4.98 Å². The summed E-state index contributed by atoms with van der Waals surface area (Å²) in [5.74, 6) is -0.585. The van der Waals surface area contributed by atoms with Gasteiger partial charge in [0.25, 0.3) is 11.8 Å². The lowest BCUT2D eigenvalue weighted by Crippen LogP contribution is -2.18. The number of nitrogens with one attached hydrogen (secondary N) is 3. The van der Waals surface area contributed by atoms with E-state index in [1.807, 2.05) is 26.8 Å². The van der Waals surface area contributed by atoms with Crippen LogP contribution in [0.1, 0.15) is 46.4 Å². The molecule has 0 unspecified atom stereocenters. The van der Waals surface area contributed by atoms with Crippen LogP contribution in [0.25, 0.3) is 10.1 Å². The Labute approximate surface area is 235 Å². The number of ether oxygens (including phenoxy) is 1. The number of methoxy groups -OCH3 is 1. The molecule has 0 aliphatic rings. The number of halogens is 1. The van der Waals surface area contributed by atoms with E-state index >= 15 is 0 Å². The molecule has 0 radical (unpaired) electrons. The number of hydrogen-bond acceptors (Lipinski definition) is 7. The molecule has 2 aromatic heterocycles. The molecule has 0 spiro atoms. The molecule has 2 aromatic carbocycles. The molecule has 2 heterocycles. The fourth-order valence-corrected chi connectivity index (χ4v) is 5.50. The van der Waals surface area contributed by atoms with Crippen molar-refractivity contribution in [3.05, 3.63) is 75.9 Å². The second-order valence-corrected chi connectivity index (χ2v) is 13.0. The Morgan fingerprint density at radius 2 is 1.67 bits per heavy atom. The number of hydrogen-bond donors (Lipinski definition) is 3. The fraction of sp³-hybridized carbons (Fsp3) is 0.222. The monoisotopic (exact) mass is 586 g/mol. The van der Waals surface area contributed by atoms with E-state index in [0.29, 0.717) is 26.5 Å². The number of aromatic nitrogens is 1. The zero-order valence-electron chi connectivity index (χ0n) is 21.9. The lowest BCUT2D eigenvalue weighted by atomic mass is 9.86. The maximum Gasteiger partial charge on any atom is 0.265 e. The van der Waals surface area contributed by atoms with Crippen LogP contribution in [0.3, 0.4) is 0 Å². The van der Waals surface area contributed by atoms with E-state index in [-0.39, 0.29) is 27.9 Å². The van der Waals surface area contributed by atoms with Crippen molar-refractivity contribution in [1.29, 1.82) is 0 Å². The van der Waals surface area contributed by atoms with E-state index in [9.17, 15) is 18.0 Å². The first-order chi connectivity index (χ1) is 18.2. The molecule has 4 aromatic rings. The highest BCUT2D eigenvalue weighted by Crippen LogP contribution is 2.40. The highest BCUT2D eigenvalue weighted by molar-refractivity contribution is 7.92. The third-order valence-electron chi connectivity index (χ3n) is 5.71. The number of amides is 2. The second kappa shape index (κ2) is 10.8. The average Bonchev–Trinajstić information content (AvgIpc) is 3.28. The van der Waals surface area contributed by atoms with Gasteiger partial charge in [0.2, 0.25) is 10.0 Å². The summed E-state index contributed by atoms with van der Waals surface area (Å²) in [4.78, 5) is 30.5. The normalized spacial score (nSPS) is 11.7. The molecule has 0 aliphatic carbocycles. The summed E-state index contributed by atoms with van der Waals surface area (Å²) in [6, 6.07) is 13.7. The molecule has 2 amide bonds. The van der Waals surface area contributed by atoms with Crippen LogP contribution in [-0.2, 0) is 15.4 Å². The Morgan fingerprint density at radius 3 is 2.28 bits per heavy atom. The van der Waals surface area contributed by atoms with Gasteiger partial charge in [-0.1, -0.05) is 44.5 Å². The molecular weight excluding hydrogens is 560 g/mol. The molecule has 4 rings (SSSR count). The van der Waals surface area contributed by atoms with E-state index in [2.05, 4.69) is 20.3 Å². The first kappa shape index (κ1) is 28.3. The van der Waals surface area contributed by atoms with E-state index in [0.717, 1.165) is 17.2 Å². The van der Waals surface area contributed by atoms with Gasteiger partial charge < -0.3 is 15.4 Å². The number of pyridine rings is 1. The Bertz CT molecular complexity index is 1680. The van der Waals surface area contributed by atoms with Gasteiger partial charge in [0, 0.05) is 6.20 Å². The number of rotatable bonds is 7. The van der Waals surface area contributed by atoms with E-state index in [1.165, 1.54) is 30.7 Å². The van der Waals surface area contributed by atoms with Crippen molar-refractivity contribution in [2.24, 2.45) is 0 Å². The number of fused-ring (bicyclic) bond motifs is 1. The quantitative estimate of drug-likeness (QED) is 0.224. The van der Waals surface area contributed by atoms with Gasteiger partial charge in [-0.25, -0.2) is 13.4 Å². The summed E-state index contributed by atoms with van der Waals surface area (Å²) in [5, 5.41) is 6.79. The highest BCUT2D eigenvalue weighted by atomic mass is 35.5. The molecule has 0 saturated heterocycles. The number of nitrogens with zero attached hydrogens (tertiary/aromatic N) is 1. The predicted molar refractivity (Wildman–Crippen MR) is 157 cm³/mol. The fourth-order valence-electron chi connectivity index (χ4n) is 3.81. The number of sulfonamides is 1. The van der Waals surface area contributed by atoms with Crippen LogP contribution in [0.15, 0.2) is 54.7 Å². The smallest absolute Gasteiger partial charge is 0.265 e. The first-order valence-electron chi connectivity index (χ1n) is 11.7. The van der Waals surface area contributed by atoms with Gasteiger partial charge in [0.1, 0.15) is 5.15 Å². The average molecular weight is 587 g/mol. The van der Waals surface area contributed by atoms with Crippen LogP contribution in [0, 0.1) is 0 Å². The summed E-state index contributed by atoms with van der Waals surface area (Å²) in [5.41, 5.74) is 1.88. The largest absolute Gasteiger partial charge is 0.492 e. The molecule has 12 heteroatoms. The second-order valence-electron chi connectivity index (χ2n) is 9.84. The van der Waals surface area contributed by atoms with Gasteiger partial charge in [-0.05, 0) is 52.8 Å².